The molecular formula is C22H25N3OS. The minimum atomic E-state index is -0.0480. The summed E-state index contributed by atoms with van der Waals surface area (Å²) in [5.74, 6) is -0.0480. The van der Waals surface area contributed by atoms with Gasteiger partial charge in [-0.3, -0.25) is 9.69 Å². The van der Waals surface area contributed by atoms with Crippen molar-refractivity contribution < 1.29 is 4.79 Å². The van der Waals surface area contributed by atoms with E-state index in [2.05, 4.69) is 30.9 Å². The predicted octanol–water partition coefficient (Wildman–Crippen LogP) is 4.52. The molecule has 1 heterocycles. The number of benzene rings is 2. The Morgan fingerprint density at radius 2 is 1.78 bits per heavy atom. The van der Waals surface area contributed by atoms with Crippen molar-refractivity contribution in [3.8, 4) is 0 Å². The maximum Gasteiger partial charge on any atom is 0.252 e. The number of likely N-dealkylation sites (N-methyl/N-ethyl adjacent to an activating group) is 1. The van der Waals surface area contributed by atoms with E-state index < -0.39 is 0 Å². The van der Waals surface area contributed by atoms with E-state index in [0.717, 1.165) is 27.5 Å². The lowest BCUT2D eigenvalue weighted by molar-refractivity contribution is -0.114. The molecule has 0 spiro atoms. The van der Waals surface area contributed by atoms with Gasteiger partial charge in [0.15, 0.2) is 5.13 Å². The first kappa shape index (κ1) is 19.3. The van der Waals surface area contributed by atoms with Crippen LogP contribution >= 0.6 is 11.3 Å². The molecule has 3 aromatic rings. The number of hydrogen-bond acceptors (Lipinski definition) is 4. The summed E-state index contributed by atoms with van der Waals surface area (Å²) >= 11 is 1.57. The van der Waals surface area contributed by atoms with Gasteiger partial charge in [0.25, 0.3) is 5.91 Å². The molecule has 4 nitrogen and oxygen atoms in total. The van der Waals surface area contributed by atoms with Crippen LogP contribution in [0.15, 0.2) is 48.5 Å². The van der Waals surface area contributed by atoms with Gasteiger partial charge in [-0.1, -0.05) is 41.7 Å². The Kier molecular flexibility index (Phi) is 6.04. The highest BCUT2D eigenvalue weighted by molar-refractivity contribution is 7.22. The predicted molar refractivity (Wildman–Crippen MR) is 115 cm³/mol. The lowest BCUT2D eigenvalue weighted by Gasteiger charge is -2.20. The molecule has 0 unspecified atom stereocenters. The van der Waals surface area contributed by atoms with E-state index in [1.54, 1.807) is 22.3 Å². The Balaban J connectivity index is 1.90. The molecule has 0 aliphatic heterocycles. The zero-order chi connectivity index (χ0) is 19.4. The van der Waals surface area contributed by atoms with Crippen LogP contribution in [0.25, 0.3) is 16.3 Å². The minimum Gasteiger partial charge on any atom is -0.308 e. The van der Waals surface area contributed by atoms with E-state index in [1.807, 2.05) is 50.5 Å². The molecule has 0 saturated carbocycles. The van der Waals surface area contributed by atoms with Gasteiger partial charge in [-0.25, -0.2) is 4.98 Å². The number of fused-ring (bicyclic) bond motifs is 1. The van der Waals surface area contributed by atoms with Gasteiger partial charge in [-0.05, 0) is 62.8 Å². The van der Waals surface area contributed by atoms with Gasteiger partial charge in [0.1, 0.15) is 0 Å². The first-order chi connectivity index (χ1) is 12.9. The molecule has 5 heteroatoms. The van der Waals surface area contributed by atoms with Crippen molar-refractivity contribution in [1.29, 1.82) is 0 Å². The average Bonchev–Trinajstić information content (AvgIpc) is 3.03. The number of carbonyl (C=O) groups is 1. The summed E-state index contributed by atoms with van der Waals surface area (Å²) in [6, 6.07) is 14.1. The highest BCUT2D eigenvalue weighted by Crippen LogP contribution is 2.31. The summed E-state index contributed by atoms with van der Waals surface area (Å²) < 4.78 is 1.11. The fourth-order valence-electron chi connectivity index (χ4n) is 2.70. The molecule has 0 aliphatic rings. The normalized spacial score (nSPS) is 11.6. The molecule has 140 valence electrons. The summed E-state index contributed by atoms with van der Waals surface area (Å²) in [5, 5.41) is 0.750. The fraction of sp³-hybridized carbons (Fsp3) is 0.273. The zero-order valence-electron chi connectivity index (χ0n) is 16.3. The van der Waals surface area contributed by atoms with Gasteiger partial charge in [0.05, 0.1) is 10.2 Å². The number of aryl methyl sites for hydroxylation is 2. The van der Waals surface area contributed by atoms with Gasteiger partial charge in [0, 0.05) is 19.2 Å². The molecule has 0 fully saturated rings. The number of amides is 1. The van der Waals surface area contributed by atoms with Crippen molar-refractivity contribution in [2.75, 3.05) is 32.1 Å². The van der Waals surface area contributed by atoms with Crippen LogP contribution in [0.2, 0.25) is 0 Å². The number of thiazole rings is 1. The first-order valence-corrected chi connectivity index (χ1v) is 9.83. The SMILES string of the molecule is Cc1cc2nc(N(CCN(C)C)C(=O)C=Cc3ccccc3)sc2cc1C. The highest BCUT2D eigenvalue weighted by atomic mass is 32.1. The zero-order valence-corrected chi connectivity index (χ0v) is 17.1. The number of aromatic nitrogens is 1. The Morgan fingerprint density at radius 1 is 1.07 bits per heavy atom. The Bertz CT molecular complexity index is 921. The molecule has 0 bridgehead atoms. The van der Waals surface area contributed by atoms with Crippen LogP contribution in [0.5, 0.6) is 0 Å². The summed E-state index contributed by atoms with van der Waals surface area (Å²) in [6.45, 7) is 5.57. The second-order valence-corrected chi connectivity index (χ2v) is 7.95. The minimum absolute atomic E-state index is 0.0480. The van der Waals surface area contributed by atoms with Gasteiger partial charge in [0.2, 0.25) is 0 Å². The molecule has 0 radical (unpaired) electrons. The lowest BCUT2D eigenvalue weighted by atomic mass is 10.1. The van der Waals surface area contributed by atoms with Gasteiger partial charge in [-0.15, -0.1) is 0 Å². The molecule has 0 saturated heterocycles. The molecule has 0 atom stereocenters. The molecule has 2 aromatic carbocycles. The number of nitrogens with zero attached hydrogens (tertiary/aromatic N) is 3. The van der Waals surface area contributed by atoms with Crippen LogP contribution < -0.4 is 4.90 Å². The van der Waals surface area contributed by atoms with E-state index >= 15 is 0 Å². The van der Waals surface area contributed by atoms with Gasteiger partial charge in [-0.2, -0.15) is 0 Å². The topological polar surface area (TPSA) is 36.4 Å². The smallest absolute Gasteiger partial charge is 0.252 e. The van der Waals surface area contributed by atoms with Crippen LogP contribution in [0.3, 0.4) is 0 Å². The second kappa shape index (κ2) is 8.46. The molecule has 3 rings (SSSR count). The fourth-order valence-corrected chi connectivity index (χ4v) is 3.78. The van der Waals surface area contributed by atoms with E-state index in [9.17, 15) is 4.79 Å². The molecule has 1 aromatic heterocycles. The van der Waals surface area contributed by atoms with E-state index in [4.69, 9.17) is 4.98 Å². The number of anilines is 1. The summed E-state index contributed by atoms with van der Waals surface area (Å²) in [6.07, 6.45) is 3.49. The third-order valence-corrected chi connectivity index (χ3v) is 5.52. The third kappa shape index (κ3) is 4.81. The largest absolute Gasteiger partial charge is 0.308 e. The molecule has 0 aliphatic carbocycles. The number of hydrogen-bond donors (Lipinski definition) is 0. The van der Waals surface area contributed by atoms with Crippen LogP contribution in [0, 0.1) is 13.8 Å². The van der Waals surface area contributed by atoms with Crippen molar-refractivity contribution in [3.63, 3.8) is 0 Å². The maximum absolute atomic E-state index is 12.9. The highest BCUT2D eigenvalue weighted by Gasteiger charge is 2.18. The Hall–Kier alpha value is -2.50. The first-order valence-electron chi connectivity index (χ1n) is 9.01. The van der Waals surface area contributed by atoms with Crippen molar-refractivity contribution in [1.82, 2.24) is 9.88 Å². The Morgan fingerprint density at radius 3 is 2.48 bits per heavy atom. The van der Waals surface area contributed by atoms with Crippen LogP contribution in [0.4, 0.5) is 5.13 Å². The lowest BCUT2D eigenvalue weighted by Crippen LogP contribution is -2.35. The van der Waals surface area contributed by atoms with Crippen LogP contribution in [0.1, 0.15) is 16.7 Å². The molecule has 27 heavy (non-hydrogen) atoms. The van der Waals surface area contributed by atoms with E-state index in [0.29, 0.717) is 6.54 Å². The quantitative estimate of drug-likeness (QED) is 0.591. The molecular weight excluding hydrogens is 354 g/mol. The van der Waals surface area contributed by atoms with Gasteiger partial charge < -0.3 is 4.90 Å². The summed E-state index contributed by atoms with van der Waals surface area (Å²) in [7, 11) is 4.01. The van der Waals surface area contributed by atoms with Crippen molar-refractivity contribution >= 4 is 38.7 Å². The van der Waals surface area contributed by atoms with Crippen LogP contribution in [-0.4, -0.2) is 43.0 Å². The number of carbonyl (C=O) groups excluding carboxylic acids is 1. The van der Waals surface area contributed by atoms with E-state index in [-0.39, 0.29) is 5.91 Å². The third-order valence-electron chi connectivity index (χ3n) is 4.48. The van der Waals surface area contributed by atoms with Crippen molar-refractivity contribution in [3.05, 3.63) is 65.2 Å². The Labute approximate surface area is 164 Å². The van der Waals surface area contributed by atoms with E-state index in [1.165, 1.54) is 11.1 Å². The average molecular weight is 380 g/mol. The summed E-state index contributed by atoms with van der Waals surface area (Å²) in [5.41, 5.74) is 4.42. The van der Waals surface area contributed by atoms with Gasteiger partial charge >= 0.3 is 0 Å². The standard InChI is InChI=1S/C22H25N3OS/c1-16-14-19-20(15-17(16)2)27-22(23-19)25(13-12-24(3)4)21(26)11-10-18-8-6-5-7-9-18/h5-11,14-15H,12-13H2,1-4H3. The van der Waals surface area contributed by atoms with Crippen molar-refractivity contribution in [2.45, 2.75) is 13.8 Å². The molecule has 0 N–H and O–H groups in total. The maximum atomic E-state index is 12.9. The van der Waals surface area contributed by atoms with Crippen molar-refractivity contribution in [2.24, 2.45) is 0 Å². The molecule has 1 amide bonds. The second-order valence-electron chi connectivity index (χ2n) is 6.94. The van der Waals surface area contributed by atoms with Crippen LogP contribution in [-0.2, 0) is 4.79 Å². The summed E-state index contributed by atoms with van der Waals surface area (Å²) in [4.78, 5) is 21.5. The monoisotopic (exact) mass is 379 g/mol. The number of rotatable bonds is 6.